The number of aromatic nitrogens is 4. The number of aromatic amines is 1. The van der Waals surface area contributed by atoms with E-state index in [0.717, 1.165) is 41.7 Å². The van der Waals surface area contributed by atoms with Crippen LogP contribution in [0.3, 0.4) is 0 Å². The van der Waals surface area contributed by atoms with Crippen molar-refractivity contribution in [1.82, 2.24) is 30.0 Å². The fraction of sp³-hybridized carbons (Fsp3) is 0.350. The minimum absolute atomic E-state index is 0.00528. The van der Waals surface area contributed by atoms with E-state index in [4.69, 9.17) is 4.74 Å². The van der Waals surface area contributed by atoms with Gasteiger partial charge in [0, 0.05) is 32.4 Å². The van der Waals surface area contributed by atoms with Crippen LogP contribution in [0.25, 0.3) is 11.3 Å². The van der Waals surface area contributed by atoms with E-state index in [9.17, 15) is 0 Å². The number of hydrogen-bond acceptors (Lipinski definition) is 4. The van der Waals surface area contributed by atoms with Gasteiger partial charge in [0.2, 0.25) is 0 Å². The smallest absolute Gasteiger partial charge is 0.194 e. The molecule has 2 N–H and O–H groups in total. The molecule has 0 spiro atoms. The molecular formula is C20H25N7O. The highest BCUT2D eigenvalue weighted by Crippen LogP contribution is 2.21. The van der Waals surface area contributed by atoms with E-state index in [2.05, 4.69) is 42.4 Å². The number of nitrogens with zero attached hydrogens (tertiary/aromatic N) is 5. The van der Waals surface area contributed by atoms with Crippen LogP contribution in [-0.2, 0) is 18.3 Å². The van der Waals surface area contributed by atoms with E-state index in [1.54, 1.807) is 11.7 Å². The zero-order valence-electron chi connectivity index (χ0n) is 16.2. The molecule has 1 aliphatic rings. The zero-order chi connectivity index (χ0) is 19.3. The maximum atomic E-state index is 5.92. The van der Waals surface area contributed by atoms with Crippen molar-refractivity contribution in [3.05, 3.63) is 60.3 Å². The molecule has 1 fully saturated rings. The number of ether oxygens (including phenoxy) is 1. The number of benzene rings is 1. The first-order valence-electron chi connectivity index (χ1n) is 9.38. The number of guanidine groups is 1. The van der Waals surface area contributed by atoms with Crippen LogP contribution in [0, 0.1) is 0 Å². The van der Waals surface area contributed by atoms with Gasteiger partial charge in [-0.3, -0.25) is 9.67 Å². The van der Waals surface area contributed by atoms with Crippen molar-refractivity contribution < 1.29 is 4.74 Å². The molecule has 1 saturated heterocycles. The highest BCUT2D eigenvalue weighted by Gasteiger charge is 2.25. The molecule has 0 radical (unpaired) electrons. The summed E-state index contributed by atoms with van der Waals surface area (Å²) in [4.78, 5) is 14.5. The molecule has 1 aromatic carbocycles. The third kappa shape index (κ3) is 4.07. The predicted molar refractivity (Wildman–Crippen MR) is 108 cm³/mol. The fourth-order valence-electron chi connectivity index (χ4n) is 3.36. The molecule has 0 saturated carbocycles. The van der Waals surface area contributed by atoms with E-state index in [0.29, 0.717) is 13.2 Å². The van der Waals surface area contributed by atoms with Gasteiger partial charge in [-0.2, -0.15) is 5.10 Å². The first kappa shape index (κ1) is 18.2. The lowest BCUT2D eigenvalue weighted by Crippen LogP contribution is -2.48. The lowest BCUT2D eigenvalue weighted by Gasteiger charge is -2.34. The van der Waals surface area contributed by atoms with Gasteiger partial charge < -0.3 is 19.9 Å². The lowest BCUT2D eigenvalue weighted by atomic mass is 10.1. The third-order valence-corrected chi connectivity index (χ3v) is 4.80. The van der Waals surface area contributed by atoms with Gasteiger partial charge in [0.15, 0.2) is 5.96 Å². The average Bonchev–Trinajstić information content (AvgIpc) is 3.39. The van der Waals surface area contributed by atoms with Crippen LogP contribution >= 0.6 is 0 Å². The van der Waals surface area contributed by atoms with Crippen molar-refractivity contribution >= 4 is 5.96 Å². The quantitative estimate of drug-likeness (QED) is 0.535. The zero-order valence-corrected chi connectivity index (χ0v) is 16.2. The molecular weight excluding hydrogens is 354 g/mol. The van der Waals surface area contributed by atoms with Crippen molar-refractivity contribution in [2.45, 2.75) is 12.6 Å². The monoisotopic (exact) mass is 379 g/mol. The molecule has 3 aromatic rings. The molecule has 0 aliphatic carbocycles. The van der Waals surface area contributed by atoms with Crippen molar-refractivity contribution in [1.29, 1.82) is 0 Å². The van der Waals surface area contributed by atoms with Gasteiger partial charge >= 0.3 is 0 Å². The van der Waals surface area contributed by atoms with Crippen molar-refractivity contribution in [3.8, 4) is 11.3 Å². The molecule has 8 heteroatoms. The number of hydrogen-bond donors (Lipinski definition) is 2. The summed E-state index contributed by atoms with van der Waals surface area (Å²) in [6.45, 7) is 2.76. The summed E-state index contributed by atoms with van der Waals surface area (Å²) in [7, 11) is 3.71. The summed E-state index contributed by atoms with van der Waals surface area (Å²) in [5.74, 6) is 1.71. The van der Waals surface area contributed by atoms with E-state index < -0.39 is 0 Å². The molecule has 8 nitrogen and oxygen atoms in total. The molecule has 1 atom stereocenters. The Morgan fingerprint density at radius 2 is 2.18 bits per heavy atom. The van der Waals surface area contributed by atoms with Crippen molar-refractivity contribution in [2.24, 2.45) is 12.0 Å². The summed E-state index contributed by atoms with van der Waals surface area (Å²) in [6, 6.07) is 10.2. The number of H-pyrrole nitrogens is 1. The van der Waals surface area contributed by atoms with Crippen LogP contribution in [0.1, 0.15) is 17.5 Å². The maximum Gasteiger partial charge on any atom is 0.194 e. The number of morpholine rings is 1. The van der Waals surface area contributed by atoms with Gasteiger partial charge in [-0.25, -0.2) is 4.98 Å². The Kier molecular flexibility index (Phi) is 5.38. The van der Waals surface area contributed by atoms with Gasteiger partial charge in [0.1, 0.15) is 11.9 Å². The number of rotatable bonds is 4. The minimum atomic E-state index is -0.00528. The number of aliphatic imine (C=N–C) groups is 1. The predicted octanol–water partition coefficient (Wildman–Crippen LogP) is 1.96. The maximum absolute atomic E-state index is 5.92. The summed E-state index contributed by atoms with van der Waals surface area (Å²) in [5.41, 5.74) is 3.22. The summed E-state index contributed by atoms with van der Waals surface area (Å²) in [6.07, 6.45) is 5.72. The van der Waals surface area contributed by atoms with Gasteiger partial charge in [-0.05, 0) is 5.56 Å². The van der Waals surface area contributed by atoms with Gasteiger partial charge in [-0.15, -0.1) is 0 Å². The Morgan fingerprint density at radius 1 is 1.32 bits per heavy atom. The topological polar surface area (TPSA) is 83.4 Å². The highest BCUT2D eigenvalue weighted by atomic mass is 16.5. The highest BCUT2D eigenvalue weighted by molar-refractivity contribution is 5.80. The Bertz CT molecular complexity index is 931. The van der Waals surface area contributed by atoms with Crippen LogP contribution < -0.4 is 5.32 Å². The molecule has 2 aromatic heterocycles. The van der Waals surface area contributed by atoms with Gasteiger partial charge in [-0.1, -0.05) is 30.3 Å². The molecule has 3 heterocycles. The van der Waals surface area contributed by atoms with Crippen LogP contribution in [0.15, 0.2) is 53.9 Å². The minimum Gasteiger partial charge on any atom is -0.370 e. The molecule has 4 rings (SSSR count). The van der Waals surface area contributed by atoms with Crippen LogP contribution in [-0.4, -0.2) is 57.4 Å². The normalized spacial score (nSPS) is 17.7. The lowest BCUT2D eigenvalue weighted by molar-refractivity contribution is -0.00806. The van der Waals surface area contributed by atoms with Crippen LogP contribution in [0.4, 0.5) is 0 Å². The molecule has 0 amide bonds. The standard InChI is InChI=1S/C20H25N7O/c1-21-20(27-8-9-28-18(14-27)16-10-24-26(2)13-16)23-12-19-22-11-17(25-19)15-6-4-3-5-7-15/h3-7,10-11,13,18H,8-9,12,14H2,1-2H3,(H,21,23)(H,22,25). The molecule has 28 heavy (non-hydrogen) atoms. The fourth-order valence-corrected chi connectivity index (χ4v) is 3.36. The van der Waals surface area contributed by atoms with Crippen molar-refractivity contribution in [3.63, 3.8) is 0 Å². The third-order valence-electron chi connectivity index (χ3n) is 4.80. The van der Waals surface area contributed by atoms with E-state index in [1.165, 1.54) is 0 Å². The molecule has 1 aliphatic heterocycles. The van der Waals surface area contributed by atoms with Gasteiger partial charge in [0.05, 0.1) is 37.8 Å². The summed E-state index contributed by atoms with van der Waals surface area (Å²) in [5, 5.41) is 7.65. The number of aryl methyl sites for hydroxylation is 1. The summed E-state index contributed by atoms with van der Waals surface area (Å²) >= 11 is 0. The largest absolute Gasteiger partial charge is 0.370 e. The van der Waals surface area contributed by atoms with E-state index in [-0.39, 0.29) is 6.10 Å². The van der Waals surface area contributed by atoms with Crippen LogP contribution in [0.2, 0.25) is 0 Å². The first-order chi connectivity index (χ1) is 13.7. The second kappa shape index (κ2) is 8.26. The summed E-state index contributed by atoms with van der Waals surface area (Å²) < 4.78 is 7.72. The van der Waals surface area contributed by atoms with E-state index >= 15 is 0 Å². The van der Waals surface area contributed by atoms with E-state index in [1.807, 2.05) is 43.8 Å². The van der Waals surface area contributed by atoms with Crippen molar-refractivity contribution in [2.75, 3.05) is 26.7 Å². The number of imidazole rings is 1. The van der Waals surface area contributed by atoms with Gasteiger partial charge in [0.25, 0.3) is 0 Å². The van der Waals surface area contributed by atoms with Crippen LogP contribution in [0.5, 0.6) is 0 Å². The average molecular weight is 379 g/mol. The Balaban J connectivity index is 1.38. The second-order valence-corrected chi connectivity index (χ2v) is 6.76. The Labute approximate surface area is 164 Å². The number of nitrogens with one attached hydrogen (secondary N) is 2. The Hall–Kier alpha value is -3.13. The second-order valence-electron chi connectivity index (χ2n) is 6.76. The molecule has 1 unspecified atom stereocenters. The SMILES string of the molecule is CN=C(NCc1ncc(-c2ccccc2)[nH]1)N1CCOC(c2cnn(C)c2)C1. The Morgan fingerprint density at radius 3 is 2.93 bits per heavy atom. The molecule has 0 bridgehead atoms. The molecule has 146 valence electrons. The first-order valence-corrected chi connectivity index (χ1v) is 9.38.